The molecule has 0 radical (unpaired) electrons. The molecular weight excluding hydrogens is 238 g/mol. The smallest absolute Gasteiger partial charge is 0.184 e. The van der Waals surface area contributed by atoms with Gasteiger partial charge in [0.1, 0.15) is 12.5 Å². The number of halogens is 1. The molecule has 0 bridgehead atoms. The van der Waals surface area contributed by atoms with Gasteiger partial charge in [0.25, 0.3) is 0 Å². The van der Waals surface area contributed by atoms with Crippen LogP contribution in [0.25, 0.3) is 0 Å². The fourth-order valence-electron chi connectivity index (χ4n) is 1.75. The van der Waals surface area contributed by atoms with Gasteiger partial charge < -0.3 is 4.90 Å². The van der Waals surface area contributed by atoms with E-state index < -0.39 is 0 Å². The summed E-state index contributed by atoms with van der Waals surface area (Å²) in [7, 11) is 0. The minimum atomic E-state index is 0.349. The summed E-state index contributed by atoms with van der Waals surface area (Å²) in [4.78, 5) is 6.02. The summed E-state index contributed by atoms with van der Waals surface area (Å²) < 4.78 is 0. The topological polar surface area (TPSA) is 64.2 Å². The van der Waals surface area contributed by atoms with Gasteiger partial charge in [0.15, 0.2) is 5.84 Å². The van der Waals surface area contributed by atoms with Crippen molar-refractivity contribution < 1.29 is 0 Å². The average Bonchev–Trinajstić information content (AvgIpc) is 2.78. The van der Waals surface area contributed by atoms with Crippen LogP contribution in [-0.2, 0) is 0 Å². The molecule has 1 aromatic rings. The summed E-state index contributed by atoms with van der Waals surface area (Å²) in [5.41, 5.74) is 1.49. The van der Waals surface area contributed by atoms with Crippen molar-refractivity contribution >= 4 is 29.0 Å². The fourth-order valence-corrected chi connectivity index (χ4v) is 1.93. The number of azo groups is 1. The number of hydrogen-bond acceptors (Lipinski definition) is 4. The molecule has 0 spiro atoms. The van der Waals surface area contributed by atoms with Crippen LogP contribution in [0, 0.1) is 5.41 Å². The van der Waals surface area contributed by atoms with Crippen LogP contribution < -0.4 is 4.90 Å². The van der Waals surface area contributed by atoms with Gasteiger partial charge in [-0.25, -0.2) is 4.99 Å². The summed E-state index contributed by atoms with van der Waals surface area (Å²) in [6.45, 7) is 0.366. The van der Waals surface area contributed by atoms with Crippen LogP contribution in [0.3, 0.4) is 0 Å². The maximum atomic E-state index is 8.10. The molecule has 2 heterocycles. The molecule has 5 nitrogen and oxygen atoms in total. The van der Waals surface area contributed by atoms with E-state index >= 15 is 0 Å². The highest BCUT2D eigenvalue weighted by molar-refractivity contribution is 6.31. The predicted octanol–water partition coefficient (Wildman–Crippen LogP) is 2.84. The molecule has 3 rings (SSSR count). The van der Waals surface area contributed by atoms with Crippen LogP contribution in [0.2, 0.25) is 5.02 Å². The lowest BCUT2D eigenvalue weighted by atomic mass is 10.2. The maximum absolute atomic E-state index is 8.10. The van der Waals surface area contributed by atoms with Crippen molar-refractivity contribution in [2.75, 3.05) is 11.6 Å². The van der Waals surface area contributed by atoms with Crippen molar-refractivity contribution in [1.29, 1.82) is 5.41 Å². The molecule has 0 atom stereocenters. The standard InChI is InChI=1S/C11H8ClN5/c12-7-2-1-3-8(4-7)17-6-14-11-9(10(17)13)5-15-16-11/h1-5,13H,6H2. The van der Waals surface area contributed by atoms with Crippen LogP contribution in [0.15, 0.2) is 51.3 Å². The number of nitrogens with zero attached hydrogens (tertiary/aromatic N) is 4. The Labute approximate surface area is 103 Å². The molecule has 1 N–H and O–H groups in total. The van der Waals surface area contributed by atoms with Crippen molar-refractivity contribution in [2.45, 2.75) is 0 Å². The monoisotopic (exact) mass is 245 g/mol. The first-order chi connectivity index (χ1) is 8.25. The van der Waals surface area contributed by atoms with Gasteiger partial charge in [-0.15, -0.1) is 5.11 Å². The minimum absolute atomic E-state index is 0.349. The third-order valence-corrected chi connectivity index (χ3v) is 2.82. The van der Waals surface area contributed by atoms with E-state index in [1.807, 2.05) is 12.1 Å². The molecule has 0 saturated heterocycles. The van der Waals surface area contributed by atoms with Gasteiger partial charge in [-0.2, -0.15) is 5.11 Å². The second-order valence-corrected chi connectivity index (χ2v) is 4.07. The van der Waals surface area contributed by atoms with Crippen molar-refractivity contribution in [3.63, 3.8) is 0 Å². The molecular formula is C11H8ClN5. The second-order valence-electron chi connectivity index (χ2n) is 3.64. The zero-order chi connectivity index (χ0) is 11.8. The first-order valence-corrected chi connectivity index (χ1v) is 5.41. The van der Waals surface area contributed by atoms with E-state index in [0.717, 1.165) is 5.69 Å². The Kier molecular flexibility index (Phi) is 2.26. The molecule has 2 aliphatic rings. The molecule has 17 heavy (non-hydrogen) atoms. The number of amidine groups is 2. The molecule has 0 saturated carbocycles. The summed E-state index contributed by atoms with van der Waals surface area (Å²) in [5.74, 6) is 0.885. The first kappa shape index (κ1) is 10.2. The third kappa shape index (κ3) is 1.64. The van der Waals surface area contributed by atoms with Crippen LogP contribution >= 0.6 is 11.6 Å². The highest BCUT2D eigenvalue weighted by Crippen LogP contribution is 2.25. The maximum Gasteiger partial charge on any atom is 0.184 e. The number of nitrogens with one attached hydrogen (secondary N) is 1. The van der Waals surface area contributed by atoms with Gasteiger partial charge in [0.2, 0.25) is 0 Å². The van der Waals surface area contributed by atoms with Gasteiger partial charge in [-0.05, 0) is 18.2 Å². The van der Waals surface area contributed by atoms with E-state index in [-0.39, 0.29) is 0 Å². The molecule has 0 aromatic heterocycles. The van der Waals surface area contributed by atoms with Crippen molar-refractivity contribution in [2.24, 2.45) is 15.2 Å². The zero-order valence-electron chi connectivity index (χ0n) is 8.76. The lowest BCUT2D eigenvalue weighted by Crippen LogP contribution is -2.37. The first-order valence-electron chi connectivity index (χ1n) is 5.03. The quantitative estimate of drug-likeness (QED) is 0.812. The second kappa shape index (κ2) is 3.78. The van der Waals surface area contributed by atoms with Gasteiger partial charge in [-0.1, -0.05) is 17.7 Å². The SMILES string of the molecule is N=C1C2=CN=NC2=NCN1c1cccc(Cl)c1. The molecule has 0 aliphatic carbocycles. The summed E-state index contributed by atoms with van der Waals surface area (Å²) >= 11 is 5.94. The van der Waals surface area contributed by atoms with Gasteiger partial charge in [0.05, 0.1) is 11.8 Å². The Morgan fingerprint density at radius 1 is 1.35 bits per heavy atom. The van der Waals surface area contributed by atoms with Crippen molar-refractivity contribution in [3.8, 4) is 0 Å². The summed E-state index contributed by atoms with van der Waals surface area (Å²) in [6.07, 6.45) is 1.55. The molecule has 84 valence electrons. The van der Waals surface area contributed by atoms with Crippen LogP contribution in [-0.4, -0.2) is 18.3 Å². The van der Waals surface area contributed by atoms with E-state index in [1.54, 1.807) is 23.2 Å². The summed E-state index contributed by atoms with van der Waals surface area (Å²) in [5, 5.41) is 16.3. The van der Waals surface area contributed by atoms with Crippen LogP contribution in [0.4, 0.5) is 5.69 Å². The number of fused-ring (bicyclic) bond motifs is 1. The number of anilines is 1. The Bertz CT molecular complexity index is 587. The van der Waals surface area contributed by atoms with E-state index in [9.17, 15) is 0 Å². The molecule has 0 unspecified atom stereocenters. The highest BCUT2D eigenvalue weighted by atomic mass is 35.5. The minimum Gasteiger partial charge on any atom is -0.306 e. The van der Waals surface area contributed by atoms with E-state index in [2.05, 4.69) is 15.2 Å². The number of benzene rings is 1. The fraction of sp³-hybridized carbons (Fsp3) is 0.0909. The number of rotatable bonds is 1. The normalized spacial score (nSPS) is 17.9. The zero-order valence-corrected chi connectivity index (χ0v) is 9.52. The Balaban J connectivity index is 1.99. The predicted molar refractivity (Wildman–Crippen MR) is 66.9 cm³/mol. The number of aliphatic imine (C=N–C) groups is 1. The largest absolute Gasteiger partial charge is 0.306 e. The van der Waals surface area contributed by atoms with E-state index in [1.165, 1.54) is 0 Å². The third-order valence-electron chi connectivity index (χ3n) is 2.59. The van der Waals surface area contributed by atoms with E-state index in [4.69, 9.17) is 17.0 Å². The van der Waals surface area contributed by atoms with Gasteiger partial charge >= 0.3 is 0 Å². The lowest BCUT2D eigenvalue weighted by Gasteiger charge is -2.27. The van der Waals surface area contributed by atoms with Crippen LogP contribution in [0.1, 0.15) is 0 Å². The van der Waals surface area contributed by atoms with E-state index in [0.29, 0.717) is 28.9 Å². The molecule has 2 aliphatic heterocycles. The molecule has 6 heteroatoms. The van der Waals surface area contributed by atoms with Crippen LogP contribution in [0.5, 0.6) is 0 Å². The molecule has 0 fully saturated rings. The lowest BCUT2D eigenvalue weighted by molar-refractivity contribution is 0.982. The average molecular weight is 246 g/mol. The molecule has 0 amide bonds. The van der Waals surface area contributed by atoms with Gasteiger partial charge in [0, 0.05) is 10.7 Å². The Morgan fingerprint density at radius 2 is 2.24 bits per heavy atom. The van der Waals surface area contributed by atoms with Crippen molar-refractivity contribution in [1.82, 2.24) is 0 Å². The number of hydrogen-bond donors (Lipinski definition) is 1. The highest BCUT2D eigenvalue weighted by Gasteiger charge is 2.26. The molecule has 1 aromatic carbocycles. The Hall–Kier alpha value is -2.01. The van der Waals surface area contributed by atoms with Crippen molar-refractivity contribution in [3.05, 3.63) is 41.1 Å². The van der Waals surface area contributed by atoms with Gasteiger partial charge in [-0.3, -0.25) is 5.41 Å². The Morgan fingerprint density at radius 3 is 3.06 bits per heavy atom. The summed E-state index contributed by atoms with van der Waals surface area (Å²) in [6, 6.07) is 7.35.